The fourth-order valence-corrected chi connectivity index (χ4v) is 2.81. The molecule has 0 aliphatic heterocycles. The van der Waals surface area contributed by atoms with Gasteiger partial charge in [-0.25, -0.2) is 18.4 Å². The van der Waals surface area contributed by atoms with Crippen LogP contribution >= 0.6 is 0 Å². The topological polar surface area (TPSA) is 69.0 Å². The molecule has 1 amide bonds. The third-order valence-corrected chi connectivity index (χ3v) is 3.94. The van der Waals surface area contributed by atoms with Crippen molar-refractivity contribution in [1.29, 1.82) is 0 Å². The lowest BCUT2D eigenvalue weighted by molar-refractivity contribution is -0.116. The fraction of sp³-hybridized carbons (Fsp3) is 0.278. The number of aryl methyl sites for hydroxylation is 2. The number of amides is 1. The number of nitrogens with one attached hydrogen (secondary N) is 1. The van der Waals surface area contributed by atoms with Crippen LogP contribution < -0.4 is 10.1 Å². The highest BCUT2D eigenvalue weighted by Gasteiger charge is 2.20. The third kappa shape index (κ3) is 3.49. The van der Waals surface area contributed by atoms with Crippen molar-refractivity contribution in [2.45, 2.75) is 26.8 Å². The molecule has 3 aromatic rings. The molecular formula is C18H18F2N4O2. The Kier molecular flexibility index (Phi) is 4.83. The van der Waals surface area contributed by atoms with Gasteiger partial charge in [0.05, 0.1) is 18.2 Å². The molecule has 8 heteroatoms. The molecule has 0 saturated heterocycles. The van der Waals surface area contributed by atoms with Crippen LogP contribution in [0.4, 0.5) is 14.5 Å². The Balaban J connectivity index is 1.87. The minimum atomic E-state index is -2.64. The van der Waals surface area contributed by atoms with Gasteiger partial charge in [-0.05, 0) is 44.2 Å². The summed E-state index contributed by atoms with van der Waals surface area (Å²) in [6, 6.07) is 8.22. The van der Waals surface area contributed by atoms with Gasteiger partial charge in [0.25, 0.3) is 6.43 Å². The van der Waals surface area contributed by atoms with Crippen LogP contribution in [0.1, 0.15) is 23.4 Å². The Morgan fingerprint density at radius 1 is 1.27 bits per heavy atom. The molecule has 0 saturated carbocycles. The molecule has 0 spiro atoms. The normalized spacial score (nSPS) is 11.2. The molecule has 6 nitrogen and oxygen atoms in total. The first kappa shape index (κ1) is 17.8. The van der Waals surface area contributed by atoms with Crippen LogP contribution in [-0.4, -0.2) is 27.8 Å². The Bertz CT molecular complexity index is 952. The lowest BCUT2D eigenvalue weighted by atomic mass is 10.1. The molecule has 0 unspecified atom stereocenters. The number of ether oxygens (including phenoxy) is 1. The number of carbonyl (C=O) groups excluding carboxylic acids is 1. The molecule has 2 aromatic heterocycles. The van der Waals surface area contributed by atoms with E-state index in [0.29, 0.717) is 28.2 Å². The largest absolute Gasteiger partial charge is 0.497 e. The maximum Gasteiger partial charge on any atom is 0.264 e. The molecule has 2 heterocycles. The van der Waals surface area contributed by atoms with Gasteiger partial charge in [-0.1, -0.05) is 0 Å². The predicted octanol–water partition coefficient (Wildman–Crippen LogP) is 3.63. The number of hydrogen-bond donors (Lipinski definition) is 1. The highest BCUT2D eigenvalue weighted by molar-refractivity contribution is 5.92. The molecule has 0 aliphatic rings. The van der Waals surface area contributed by atoms with Crippen LogP contribution in [-0.2, 0) is 11.3 Å². The molecule has 0 atom stereocenters. The number of hydrogen-bond acceptors (Lipinski definition) is 4. The number of nitrogens with zero attached hydrogens (tertiary/aromatic N) is 3. The van der Waals surface area contributed by atoms with Crippen molar-refractivity contribution in [1.82, 2.24) is 14.8 Å². The van der Waals surface area contributed by atoms with Gasteiger partial charge in [-0.3, -0.25) is 4.79 Å². The number of aromatic nitrogens is 3. The summed E-state index contributed by atoms with van der Waals surface area (Å²) in [6.07, 6.45) is -2.64. The van der Waals surface area contributed by atoms with E-state index in [4.69, 9.17) is 4.74 Å². The second kappa shape index (κ2) is 7.07. The number of anilines is 1. The summed E-state index contributed by atoms with van der Waals surface area (Å²) in [7, 11) is 1.56. The molecule has 0 radical (unpaired) electrons. The van der Waals surface area contributed by atoms with Crippen molar-refractivity contribution >= 4 is 22.6 Å². The molecule has 0 aliphatic carbocycles. The van der Waals surface area contributed by atoms with Gasteiger partial charge in [0, 0.05) is 16.9 Å². The van der Waals surface area contributed by atoms with Gasteiger partial charge in [0.1, 0.15) is 12.3 Å². The van der Waals surface area contributed by atoms with E-state index in [1.165, 1.54) is 10.7 Å². The summed E-state index contributed by atoms with van der Waals surface area (Å²) in [5.74, 6) is 0.345. The zero-order chi connectivity index (χ0) is 18.8. The maximum absolute atomic E-state index is 13.3. The van der Waals surface area contributed by atoms with Crippen LogP contribution in [0.3, 0.4) is 0 Å². The van der Waals surface area contributed by atoms with Crippen molar-refractivity contribution in [3.05, 3.63) is 47.3 Å². The van der Waals surface area contributed by atoms with E-state index in [0.717, 1.165) is 0 Å². The molecule has 1 N–H and O–H groups in total. The van der Waals surface area contributed by atoms with Crippen molar-refractivity contribution < 1.29 is 18.3 Å². The van der Waals surface area contributed by atoms with E-state index in [2.05, 4.69) is 15.4 Å². The van der Waals surface area contributed by atoms with Gasteiger partial charge < -0.3 is 10.1 Å². The SMILES string of the molecule is COc1ccc(NC(=O)Cn2nc(C)c3c(C(F)F)cc(C)nc32)cc1. The van der Waals surface area contributed by atoms with E-state index in [-0.39, 0.29) is 23.7 Å². The average molecular weight is 360 g/mol. The average Bonchev–Trinajstić information content (AvgIpc) is 2.90. The van der Waals surface area contributed by atoms with E-state index in [1.807, 2.05) is 0 Å². The van der Waals surface area contributed by atoms with E-state index in [1.54, 1.807) is 45.2 Å². The van der Waals surface area contributed by atoms with Crippen LogP contribution in [0, 0.1) is 13.8 Å². The first-order chi connectivity index (χ1) is 12.4. The van der Waals surface area contributed by atoms with Gasteiger partial charge in [-0.15, -0.1) is 0 Å². The monoisotopic (exact) mass is 360 g/mol. The maximum atomic E-state index is 13.3. The van der Waals surface area contributed by atoms with Gasteiger partial charge in [-0.2, -0.15) is 5.10 Å². The minimum absolute atomic E-state index is 0.119. The van der Waals surface area contributed by atoms with Crippen LogP contribution in [0.5, 0.6) is 5.75 Å². The summed E-state index contributed by atoms with van der Waals surface area (Å²) < 4.78 is 33.1. The number of carbonyl (C=O) groups is 1. The predicted molar refractivity (Wildman–Crippen MR) is 93.6 cm³/mol. The Hall–Kier alpha value is -3.03. The number of benzene rings is 1. The quantitative estimate of drug-likeness (QED) is 0.754. The number of pyridine rings is 1. The van der Waals surface area contributed by atoms with Crippen LogP contribution in [0.15, 0.2) is 30.3 Å². The minimum Gasteiger partial charge on any atom is -0.497 e. The zero-order valence-electron chi connectivity index (χ0n) is 14.6. The number of methoxy groups -OCH3 is 1. The summed E-state index contributed by atoms with van der Waals surface area (Å²) >= 11 is 0. The lowest BCUT2D eigenvalue weighted by Crippen LogP contribution is -2.19. The van der Waals surface area contributed by atoms with E-state index >= 15 is 0 Å². The van der Waals surface area contributed by atoms with Gasteiger partial charge in [0.2, 0.25) is 5.91 Å². The molecular weight excluding hydrogens is 342 g/mol. The molecule has 26 heavy (non-hydrogen) atoms. The molecule has 0 bridgehead atoms. The van der Waals surface area contributed by atoms with Crippen molar-refractivity contribution in [2.24, 2.45) is 0 Å². The number of rotatable bonds is 5. The Labute approximate surface area is 148 Å². The first-order valence-corrected chi connectivity index (χ1v) is 7.95. The molecule has 136 valence electrons. The van der Waals surface area contributed by atoms with Crippen molar-refractivity contribution in [3.8, 4) is 5.75 Å². The van der Waals surface area contributed by atoms with Gasteiger partial charge >= 0.3 is 0 Å². The lowest BCUT2D eigenvalue weighted by Gasteiger charge is -2.08. The zero-order valence-corrected chi connectivity index (χ0v) is 14.6. The summed E-state index contributed by atoms with van der Waals surface area (Å²) in [6.45, 7) is 3.13. The Morgan fingerprint density at radius 2 is 1.96 bits per heavy atom. The molecule has 1 aromatic carbocycles. The fourth-order valence-electron chi connectivity index (χ4n) is 2.81. The third-order valence-electron chi connectivity index (χ3n) is 3.94. The number of halogens is 2. The standard InChI is InChI=1S/C18H18F2N4O2/c1-10-8-14(17(19)20)16-11(2)23-24(18(16)21-10)9-15(25)22-12-4-6-13(26-3)7-5-12/h4-8,17H,9H2,1-3H3,(H,22,25). The first-order valence-electron chi connectivity index (χ1n) is 7.95. The van der Waals surface area contributed by atoms with Crippen LogP contribution in [0.25, 0.3) is 11.0 Å². The highest BCUT2D eigenvalue weighted by atomic mass is 19.3. The smallest absolute Gasteiger partial charge is 0.264 e. The number of alkyl halides is 2. The summed E-state index contributed by atoms with van der Waals surface area (Å²) in [5, 5.41) is 7.25. The Morgan fingerprint density at radius 3 is 2.58 bits per heavy atom. The summed E-state index contributed by atoms with van der Waals surface area (Å²) in [5.41, 5.74) is 1.63. The summed E-state index contributed by atoms with van der Waals surface area (Å²) in [4.78, 5) is 16.6. The number of fused-ring (bicyclic) bond motifs is 1. The van der Waals surface area contributed by atoms with E-state index < -0.39 is 6.43 Å². The molecule has 0 fully saturated rings. The molecule has 3 rings (SSSR count). The van der Waals surface area contributed by atoms with Gasteiger partial charge in [0.15, 0.2) is 5.65 Å². The van der Waals surface area contributed by atoms with Crippen molar-refractivity contribution in [3.63, 3.8) is 0 Å². The van der Waals surface area contributed by atoms with Crippen LogP contribution in [0.2, 0.25) is 0 Å². The highest BCUT2D eigenvalue weighted by Crippen LogP contribution is 2.29. The van der Waals surface area contributed by atoms with Crippen molar-refractivity contribution in [2.75, 3.05) is 12.4 Å². The van der Waals surface area contributed by atoms with E-state index in [9.17, 15) is 13.6 Å². The second-order valence-corrected chi connectivity index (χ2v) is 5.87. The second-order valence-electron chi connectivity index (χ2n) is 5.87.